The minimum absolute atomic E-state index is 0.110. The first-order valence-corrected chi connectivity index (χ1v) is 9.02. The summed E-state index contributed by atoms with van der Waals surface area (Å²) < 4.78 is 1.46. The van der Waals surface area contributed by atoms with E-state index in [4.69, 9.17) is 15.3 Å². The Hall–Kier alpha value is 0.539. The predicted molar refractivity (Wildman–Crippen MR) is 58.3 cm³/mol. The van der Waals surface area contributed by atoms with Crippen molar-refractivity contribution >= 4 is 57.6 Å². The monoisotopic (exact) mass is 315 g/mol. The zero-order valence-electron chi connectivity index (χ0n) is 6.99. The summed E-state index contributed by atoms with van der Waals surface area (Å²) in [5.74, 6) is 0. The summed E-state index contributed by atoms with van der Waals surface area (Å²) in [6.45, 7) is 0.898. The van der Waals surface area contributed by atoms with Crippen molar-refractivity contribution in [3.05, 3.63) is 0 Å². The van der Waals surface area contributed by atoms with Crippen LogP contribution in [0, 0.1) is 0 Å². The first-order valence-electron chi connectivity index (χ1n) is 3.20. The number of rotatable bonds is 3. The van der Waals surface area contributed by atoms with E-state index in [1.165, 1.54) is 10.9 Å². The van der Waals surface area contributed by atoms with Crippen LogP contribution in [0.1, 0.15) is 6.42 Å². The van der Waals surface area contributed by atoms with E-state index >= 15 is 0 Å². The Balaban J connectivity index is -0.000000115. The van der Waals surface area contributed by atoms with Gasteiger partial charge in [-0.3, -0.25) is 0 Å². The molecule has 0 fully saturated rings. The standard InChI is InChI=1S/C3H8N.2CH2OS.CH3.Sn/c1-2-3-4;2*2-1-3;;/h1-4H2;2*1H,(H,2,3);1H3;/q;;;;+2/p-2. The zero-order valence-corrected chi connectivity index (χ0v) is 11.5. The fourth-order valence-electron chi connectivity index (χ4n) is 0.279. The van der Waals surface area contributed by atoms with Crippen LogP contribution in [0.15, 0.2) is 0 Å². The fourth-order valence-corrected chi connectivity index (χ4v) is 1.87. The quantitative estimate of drug-likeness (QED) is 0.343. The van der Waals surface area contributed by atoms with Gasteiger partial charge in [-0.25, -0.2) is 0 Å². The van der Waals surface area contributed by atoms with Gasteiger partial charge in [-0.1, -0.05) is 0 Å². The van der Waals surface area contributed by atoms with Crippen LogP contribution in [0.5, 0.6) is 0 Å². The Morgan fingerprint density at radius 2 is 1.67 bits per heavy atom. The van der Waals surface area contributed by atoms with Gasteiger partial charge in [0.1, 0.15) is 0 Å². The van der Waals surface area contributed by atoms with Gasteiger partial charge in [-0.15, -0.1) is 0 Å². The first kappa shape index (κ1) is 18.3. The normalized spacial score (nSPS) is 5.83. The van der Waals surface area contributed by atoms with E-state index in [0.29, 0.717) is 11.2 Å². The molecular formula is C6H13NO2S2Sn. The average molecular weight is 314 g/mol. The molecule has 0 radical (unpaired) electrons. The van der Waals surface area contributed by atoms with Crippen LogP contribution in [0.2, 0.25) is 9.38 Å². The summed E-state index contributed by atoms with van der Waals surface area (Å²) in [6.07, 6.45) is 1.27. The molecule has 0 atom stereocenters. The molecule has 0 saturated carbocycles. The molecule has 6 heteroatoms. The number of hydrogen-bond acceptors (Lipinski definition) is 5. The summed E-state index contributed by atoms with van der Waals surface area (Å²) in [6, 6.07) is 0. The van der Waals surface area contributed by atoms with Crippen LogP contribution >= 0.6 is 0 Å². The van der Waals surface area contributed by atoms with Crippen molar-refractivity contribution in [2.75, 3.05) is 6.54 Å². The van der Waals surface area contributed by atoms with Crippen LogP contribution in [0.3, 0.4) is 0 Å². The van der Waals surface area contributed by atoms with Crippen molar-refractivity contribution < 1.29 is 9.59 Å². The predicted octanol–water partition coefficient (Wildman–Crippen LogP) is -0.0472. The fraction of sp³-hybridized carbons (Fsp3) is 0.667. The van der Waals surface area contributed by atoms with E-state index in [1.807, 2.05) is 0 Å². The van der Waals surface area contributed by atoms with Gasteiger partial charge >= 0.3 is 49.2 Å². The maximum absolute atomic E-state index is 8.62. The van der Waals surface area contributed by atoms with Gasteiger partial charge in [0.25, 0.3) is 0 Å². The molecule has 0 rings (SSSR count). The molecule has 0 aliphatic heterocycles. The molecule has 0 heterocycles. The molecule has 3 nitrogen and oxygen atoms in total. The van der Waals surface area contributed by atoms with Crippen molar-refractivity contribution in [3.8, 4) is 0 Å². The zero-order chi connectivity index (χ0) is 10.2. The summed E-state index contributed by atoms with van der Waals surface area (Å²) in [4.78, 5) is 19.6. The molecule has 0 bridgehead atoms. The summed E-state index contributed by atoms with van der Waals surface area (Å²) in [5.41, 5.74) is 5.91. The SMILES string of the molecule is O=C[S-].O=C[S-].[CH3][Sn+2][CH2]CCN. The molecule has 12 heavy (non-hydrogen) atoms. The van der Waals surface area contributed by atoms with Crippen LogP contribution in [-0.2, 0) is 34.8 Å². The molecule has 0 saturated heterocycles. The van der Waals surface area contributed by atoms with Crippen molar-refractivity contribution in [2.45, 2.75) is 15.8 Å². The van der Waals surface area contributed by atoms with Gasteiger partial charge in [-0.05, 0) is 11.2 Å². The van der Waals surface area contributed by atoms with Gasteiger partial charge in [0.15, 0.2) is 0 Å². The Kier molecular flexibility index (Phi) is 45.8. The van der Waals surface area contributed by atoms with Crippen LogP contribution in [-0.4, -0.2) is 38.9 Å². The van der Waals surface area contributed by atoms with Gasteiger partial charge in [-0.2, -0.15) is 0 Å². The van der Waals surface area contributed by atoms with Crippen molar-refractivity contribution in [2.24, 2.45) is 5.73 Å². The topological polar surface area (TPSA) is 60.2 Å². The Bertz CT molecular complexity index is 75.9. The minimum atomic E-state index is 0.110. The molecule has 0 amide bonds. The van der Waals surface area contributed by atoms with Crippen molar-refractivity contribution in [1.82, 2.24) is 0 Å². The molecule has 0 aliphatic carbocycles. The second-order valence-electron chi connectivity index (χ2n) is 1.44. The van der Waals surface area contributed by atoms with E-state index in [9.17, 15) is 0 Å². The van der Waals surface area contributed by atoms with Gasteiger partial charge < -0.3 is 34.8 Å². The molecule has 70 valence electrons. The van der Waals surface area contributed by atoms with E-state index in [1.54, 1.807) is 0 Å². The number of nitrogens with two attached hydrogens (primary N) is 1. The van der Waals surface area contributed by atoms with Crippen LogP contribution in [0.25, 0.3) is 0 Å². The maximum atomic E-state index is 8.62. The van der Waals surface area contributed by atoms with E-state index in [2.05, 4.69) is 30.2 Å². The molecule has 2 N–H and O–H groups in total. The Labute approximate surface area is 94.9 Å². The number of carbonyl (C=O) groups is 2. The van der Waals surface area contributed by atoms with E-state index in [-0.39, 0.29) is 21.1 Å². The third-order valence-corrected chi connectivity index (χ3v) is 3.07. The number of hydrogen-bond donors (Lipinski definition) is 1. The third kappa shape index (κ3) is 76.6. The molecule has 0 unspecified atom stereocenters. The second-order valence-corrected chi connectivity index (χ2v) is 5.27. The summed E-state index contributed by atoms with van der Waals surface area (Å²) in [5, 5.41) is 0. The Morgan fingerprint density at radius 3 is 1.75 bits per heavy atom. The van der Waals surface area contributed by atoms with Crippen molar-refractivity contribution in [3.63, 3.8) is 0 Å². The summed E-state index contributed by atoms with van der Waals surface area (Å²) >= 11 is 7.54. The number of carbonyl (C=O) groups excluding carboxylic acids is 2. The van der Waals surface area contributed by atoms with Gasteiger partial charge in [0.2, 0.25) is 0 Å². The molecule has 0 aromatic heterocycles. The summed E-state index contributed by atoms with van der Waals surface area (Å²) in [7, 11) is 0. The molecular weight excluding hydrogens is 301 g/mol. The van der Waals surface area contributed by atoms with Crippen molar-refractivity contribution in [1.29, 1.82) is 0 Å². The molecule has 0 aliphatic rings. The van der Waals surface area contributed by atoms with E-state index < -0.39 is 0 Å². The molecule has 0 aromatic rings. The van der Waals surface area contributed by atoms with Crippen LogP contribution < -0.4 is 5.73 Å². The Morgan fingerprint density at radius 1 is 1.33 bits per heavy atom. The first-order chi connectivity index (χ1) is 5.74. The van der Waals surface area contributed by atoms with Gasteiger partial charge in [0, 0.05) is 0 Å². The molecule has 0 aromatic carbocycles. The van der Waals surface area contributed by atoms with Gasteiger partial charge in [0.05, 0.1) is 0 Å². The second kappa shape index (κ2) is 30.0. The average Bonchev–Trinajstić information content (AvgIpc) is 2.04. The van der Waals surface area contributed by atoms with E-state index in [0.717, 1.165) is 6.54 Å². The third-order valence-electron chi connectivity index (χ3n) is 0.631. The molecule has 0 spiro atoms. The van der Waals surface area contributed by atoms with Crippen LogP contribution in [0.4, 0.5) is 0 Å².